The predicted molar refractivity (Wildman–Crippen MR) is 59.1 cm³/mol. The molecule has 14 heavy (non-hydrogen) atoms. The maximum atomic E-state index is 9.94. The average molecular weight is 196 g/mol. The van der Waals surface area contributed by atoms with E-state index in [0.29, 0.717) is 6.42 Å². The highest BCUT2D eigenvalue weighted by molar-refractivity contribution is 5.52. The molecule has 2 nitrogen and oxygen atoms in total. The molecule has 0 heterocycles. The lowest BCUT2D eigenvalue weighted by molar-refractivity contribution is -0.107. The van der Waals surface area contributed by atoms with Gasteiger partial charge in [0, 0.05) is 6.42 Å². The third-order valence-corrected chi connectivity index (χ3v) is 1.99. The minimum absolute atomic E-state index is 0.144. The highest BCUT2D eigenvalue weighted by atomic mass is 16.3. The standard InChI is InChI=1S/C12H20O2/c1-2-12(14)10-8-6-4-3-5-7-9-11-13/h3-5,7,11-12,14H,2,6,8-10H2,1H3. The van der Waals surface area contributed by atoms with Crippen LogP contribution >= 0.6 is 0 Å². The smallest absolute Gasteiger partial charge is 0.123 e. The van der Waals surface area contributed by atoms with Crippen LogP contribution in [0.2, 0.25) is 0 Å². The van der Waals surface area contributed by atoms with Gasteiger partial charge in [0.1, 0.15) is 6.29 Å². The third-order valence-electron chi connectivity index (χ3n) is 1.99. The second kappa shape index (κ2) is 10.2. The second-order valence-corrected chi connectivity index (χ2v) is 3.25. The molecular weight excluding hydrogens is 176 g/mol. The number of hydrogen-bond donors (Lipinski definition) is 1. The lowest BCUT2D eigenvalue weighted by atomic mass is 10.1. The molecule has 0 bridgehead atoms. The zero-order valence-corrected chi connectivity index (χ0v) is 8.86. The van der Waals surface area contributed by atoms with Crippen molar-refractivity contribution in [2.45, 2.75) is 45.1 Å². The van der Waals surface area contributed by atoms with Gasteiger partial charge in [-0.3, -0.25) is 0 Å². The molecule has 0 aliphatic heterocycles. The first-order valence-electron chi connectivity index (χ1n) is 5.24. The summed E-state index contributed by atoms with van der Waals surface area (Å²) in [7, 11) is 0. The van der Waals surface area contributed by atoms with Crippen molar-refractivity contribution < 1.29 is 9.90 Å². The maximum Gasteiger partial charge on any atom is 0.123 e. The number of aliphatic hydroxyl groups excluding tert-OH is 1. The van der Waals surface area contributed by atoms with Crippen molar-refractivity contribution in [1.82, 2.24) is 0 Å². The van der Waals surface area contributed by atoms with Crippen LogP contribution in [-0.2, 0) is 4.79 Å². The molecule has 0 spiro atoms. The normalized spacial score (nSPS) is 13.9. The third kappa shape index (κ3) is 9.20. The Morgan fingerprint density at radius 1 is 1.29 bits per heavy atom. The molecule has 0 fully saturated rings. The molecule has 0 aromatic carbocycles. The van der Waals surface area contributed by atoms with Crippen LogP contribution in [0, 0.1) is 0 Å². The van der Waals surface area contributed by atoms with E-state index in [0.717, 1.165) is 32.0 Å². The zero-order valence-electron chi connectivity index (χ0n) is 8.86. The molecule has 0 aliphatic carbocycles. The van der Waals surface area contributed by atoms with E-state index in [1.807, 2.05) is 25.2 Å². The summed E-state index contributed by atoms with van der Waals surface area (Å²) in [4.78, 5) is 9.94. The summed E-state index contributed by atoms with van der Waals surface area (Å²) in [6, 6.07) is 0. The van der Waals surface area contributed by atoms with Gasteiger partial charge < -0.3 is 9.90 Å². The van der Waals surface area contributed by atoms with E-state index in [1.54, 1.807) is 0 Å². The number of hydrogen-bond acceptors (Lipinski definition) is 2. The topological polar surface area (TPSA) is 37.3 Å². The molecular formula is C12H20O2. The van der Waals surface area contributed by atoms with Gasteiger partial charge in [0.15, 0.2) is 0 Å². The van der Waals surface area contributed by atoms with Gasteiger partial charge in [-0.15, -0.1) is 0 Å². The van der Waals surface area contributed by atoms with E-state index >= 15 is 0 Å². The van der Waals surface area contributed by atoms with Crippen molar-refractivity contribution in [3.8, 4) is 0 Å². The van der Waals surface area contributed by atoms with Crippen molar-refractivity contribution in [1.29, 1.82) is 0 Å². The Morgan fingerprint density at radius 2 is 2.00 bits per heavy atom. The minimum Gasteiger partial charge on any atom is -0.393 e. The van der Waals surface area contributed by atoms with E-state index in [4.69, 9.17) is 0 Å². The first-order valence-corrected chi connectivity index (χ1v) is 5.24. The summed E-state index contributed by atoms with van der Waals surface area (Å²) in [5, 5.41) is 9.25. The van der Waals surface area contributed by atoms with Crippen LogP contribution in [-0.4, -0.2) is 17.5 Å². The van der Waals surface area contributed by atoms with Gasteiger partial charge in [0.05, 0.1) is 6.10 Å². The molecule has 0 aromatic rings. The zero-order chi connectivity index (χ0) is 10.6. The van der Waals surface area contributed by atoms with Crippen LogP contribution in [0.15, 0.2) is 24.3 Å². The van der Waals surface area contributed by atoms with E-state index in [-0.39, 0.29) is 6.10 Å². The molecule has 0 aromatic heterocycles. The van der Waals surface area contributed by atoms with Crippen LogP contribution in [0.4, 0.5) is 0 Å². The Kier molecular flexibility index (Phi) is 9.54. The quantitative estimate of drug-likeness (QED) is 0.368. The largest absolute Gasteiger partial charge is 0.393 e. The van der Waals surface area contributed by atoms with Crippen molar-refractivity contribution in [2.75, 3.05) is 0 Å². The molecule has 0 rings (SSSR count). The van der Waals surface area contributed by atoms with Crippen molar-refractivity contribution in [3.05, 3.63) is 24.3 Å². The number of unbranched alkanes of at least 4 members (excludes halogenated alkanes) is 1. The Morgan fingerprint density at radius 3 is 2.64 bits per heavy atom. The summed E-state index contributed by atoms with van der Waals surface area (Å²) in [5.74, 6) is 0. The molecule has 0 aliphatic rings. The van der Waals surface area contributed by atoms with Gasteiger partial charge in [-0.25, -0.2) is 0 Å². The summed E-state index contributed by atoms with van der Waals surface area (Å²) in [6.45, 7) is 1.99. The first kappa shape index (κ1) is 13.1. The van der Waals surface area contributed by atoms with Crippen LogP contribution in [0.5, 0.6) is 0 Å². The molecule has 0 saturated heterocycles. The summed E-state index contributed by atoms with van der Waals surface area (Å²) < 4.78 is 0. The van der Waals surface area contributed by atoms with Crippen molar-refractivity contribution >= 4 is 6.29 Å². The summed E-state index contributed by atoms with van der Waals surface area (Å²) in [5.41, 5.74) is 0. The van der Waals surface area contributed by atoms with Crippen LogP contribution in [0.25, 0.3) is 0 Å². The van der Waals surface area contributed by atoms with Gasteiger partial charge in [0.2, 0.25) is 0 Å². The SMILES string of the molecule is CCC(O)CCCC=CC=CCC=O. The van der Waals surface area contributed by atoms with Crippen LogP contribution < -0.4 is 0 Å². The molecule has 0 saturated carbocycles. The van der Waals surface area contributed by atoms with E-state index < -0.39 is 0 Å². The van der Waals surface area contributed by atoms with Crippen LogP contribution in [0.3, 0.4) is 0 Å². The Labute approximate surface area is 86.3 Å². The molecule has 0 radical (unpaired) electrons. The highest BCUT2D eigenvalue weighted by Gasteiger charge is 1.97. The second-order valence-electron chi connectivity index (χ2n) is 3.25. The average Bonchev–Trinajstić information content (AvgIpc) is 2.21. The fourth-order valence-electron chi connectivity index (χ4n) is 1.06. The maximum absolute atomic E-state index is 9.94. The predicted octanol–water partition coefficient (Wildman–Crippen LogP) is 2.63. The molecule has 1 atom stereocenters. The van der Waals surface area contributed by atoms with Crippen molar-refractivity contribution in [2.24, 2.45) is 0 Å². The number of aldehydes is 1. The Balaban J connectivity index is 3.30. The van der Waals surface area contributed by atoms with Gasteiger partial charge in [0.25, 0.3) is 0 Å². The number of rotatable bonds is 8. The molecule has 1 N–H and O–H groups in total. The lowest BCUT2D eigenvalue weighted by Crippen LogP contribution is -2.02. The number of carbonyl (C=O) groups excluding carboxylic acids is 1. The van der Waals surface area contributed by atoms with Gasteiger partial charge in [-0.2, -0.15) is 0 Å². The van der Waals surface area contributed by atoms with Gasteiger partial charge in [-0.1, -0.05) is 31.2 Å². The highest BCUT2D eigenvalue weighted by Crippen LogP contribution is 2.04. The molecule has 0 amide bonds. The Bertz CT molecular complexity index is 183. The van der Waals surface area contributed by atoms with Crippen LogP contribution in [0.1, 0.15) is 39.0 Å². The van der Waals surface area contributed by atoms with E-state index in [9.17, 15) is 9.90 Å². The summed E-state index contributed by atoms with van der Waals surface area (Å²) >= 11 is 0. The monoisotopic (exact) mass is 196 g/mol. The van der Waals surface area contributed by atoms with Gasteiger partial charge in [-0.05, 0) is 25.7 Å². The minimum atomic E-state index is -0.144. The first-order chi connectivity index (χ1) is 6.81. The van der Waals surface area contributed by atoms with E-state index in [2.05, 4.69) is 6.08 Å². The lowest BCUT2D eigenvalue weighted by Gasteiger charge is -2.04. The fraction of sp³-hybridized carbons (Fsp3) is 0.583. The number of carbonyl (C=O) groups is 1. The van der Waals surface area contributed by atoms with Gasteiger partial charge >= 0.3 is 0 Å². The molecule has 2 heteroatoms. The fourth-order valence-corrected chi connectivity index (χ4v) is 1.06. The summed E-state index contributed by atoms with van der Waals surface area (Å²) in [6.07, 6.45) is 12.6. The molecule has 80 valence electrons. The molecule has 1 unspecified atom stereocenters. The Hall–Kier alpha value is -0.890. The van der Waals surface area contributed by atoms with E-state index in [1.165, 1.54) is 0 Å². The van der Waals surface area contributed by atoms with Crippen molar-refractivity contribution in [3.63, 3.8) is 0 Å². The number of aliphatic hydroxyl groups is 1. The number of allylic oxidation sites excluding steroid dienone is 4.